The van der Waals surface area contributed by atoms with Crippen molar-refractivity contribution in [3.8, 4) is 11.5 Å². The SMILES string of the molecule is O=C(Nc1ccc2c(c1)OCCO2)c1ccc(N2CCCN(Cc3ccc(Cl)cc3)C2=O)cc1. The molecule has 1 fully saturated rings. The Hall–Kier alpha value is -3.71. The van der Waals surface area contributed by atoms with Gasteiger partial charge in [-0.1, -0.05) is 23.7 Å². The Morgan fingerprint density at radius 2 is 1.65 bits per heavy atom. The summed E-state index contributed by atoms with van der Waals surface area (Å²) in [6.07, 6.45) is 0.867. The maximum atomic E-state index is 13.1. The van der Waals surface area contributed by atoms with E-state index in [2.05, 4.69) is 5.32 Å². The normalized spacial score (nSPS) is 15.3. The van der Waals surface area contributed by atoms with Gasteiger partial charge >= 0.3 is 6.03 Å². The Morgan fingerprint density at radius 3 is 2.41 bits per heavy atom. The molecule has 174 valence electrons. The number of benzene rings is 3. The summed E-state index contributed by atoms with van der Waals surface area (Å²) in [5.41, 5.74) is 2.93. The minimum absolute atomic E-state index is 0.0466. The van der Waals surface area contributed by atoms with Gasteiger partial charge in [0, 0.05) is 47.7 Å². The maximum Gasteiger partial charge on any atom is 0.324 e. The molecular weight excluding hydrogens is 454 g/mol. The van der Waals surface area contributed by atoms with Crippen LogP contribution in [0, 0.1) is 0 Å². The number of carbonyl (C=O) groups is 2. The number of ether oxygens (including phenoxy) is 2. The third kappa shape index (κ3) is 4.79. The van der Waals surface area contributed by atoms with Crippen molar-refractivity contribution in [2.45, 2.75) is 13.0 Å². The average molecular weight is 478 g/mol. The molecule has 1 saturated heterocycles. The van der Waals surface area contributed by atoms with E-state index in [9.17, 15) is 9.59 Å². The van der Waals surface area contributed by atoms with Gasteiger partial charge in [-0.15, -0.1) is 0 Å². The highest BCUT2D eigenvalue weighted by Crippen LogP contribution is 2.32. The topological polar surface area (TPSA) is 71.1 Å². The van der Waals surface area contributed by atoms with Crippen molar-refractivity contribution in [3.63, 3.8) is 0 Å². The maximum absolute atomic E-state index is 13.1. The zero-order valence-corrected chi connectivity index (χ0v) is 19.3. The van der Waals surface area contributed by atoms with Gasteiger partial charge in [0.15, 0.2) is 11.5 Å². The Bertz CT molecular complexity index is 1200. The zero-order valence-electron chi connectivity index (χ0n) is 18.5. The Kier molecular flexibility index (Phi) is 6.27. The van der Waals surface area contributed by atoms with Crippen LogP contribution >= 0.6 is 11.6 Å². The van der Waals surface area contributed by atoms with Crippen molar-refractivity contribution in [1.82, 2.24) is 4.90 Å². The molecule has 0 bridgehead atoms. The van der Waals surface area contributed by atoms with Crippen molar-refractivity contribution in [1.29, 1.82) is 0 Å². The number of carbonyl (C=O) groups excluding carboxylic acids is 2. The molecule has 1 N–H and O–H groups in total. The average Bonchev–Trinajstić information content (AvgIpc) is 2.87. The molecular formula is C26H24ClN3O4. The first-order valence-electron chi connectivity index (χ1n) is 11.2. The molecule has 3 aromatic rings. The number of nitrogens with one attached hydrogen (secondary N) is 1. The number of fused-ring (bicyclic) bond motifs is 1. The van der Waals surface area contributed by atoms with E-state index in [-0.39, 0.29) is 11.9 Å². The van der Waals surface area contributed by atoms with Crippen molar-refractivity contribution in [3.05, 3.63) is 82.9 Å². The van der Waals surface area contributed by atoms with Gasteiger partial charge in [-0.05, 0) is 60.5 Å². The summed E-state index contributed by atoms with van der Waals surface area (Å²) in [5, 5.41) is 3.56. The summed E-state index contributed by atoms with van der Waals surface area (Å²) in [6.45, 7) is 2.87. The minimum atomic E-state index is -0.238. The molecule has 0 aliphatic carbocycles. The number of anilines is 2. The van der Waals surface area contributed by atoms with Crippen LogP contribution in [0.3, 0.4) is 0 Å². The van der Waals surface area contributed by atoms with Crippen molar-refractivity contribution in [2.75, 3.05) is 36.5 Å². The lowest BCUT2D eigenvalue weighted by atomic mass is 10.1. The number of hydrogen-bond acceptors (Lipinski definition) is 4. The van der Waals surface area contributed by atoms with Crippen molar-refractivity contribution < 1.29 is 19.1 Å². The van der Waals surface area contributed by atoms with E-state index in [0.29, 0.717) is 60.6 Å². The van der Waals surface area contributed by atoms with E-state index in [0.717, 1.165) is 17.7 Å². The second kappa shape index (κ2) is 9.65. The largest absolute Gasteiger partial charge is 0.486 e. The summed E-state index contributed by atoms with van der Waals surface area (Å²) < 4.78 is 11.1. The summed E-state index contributed by atoms with van der Waals surface area (Å²) in [4.78, 5) is 29.4. The van der Waals surface area contributed by atoms with Crippen LogP contribution in [0.15, 0.2) is 66.7 Å². The second-order valence-corrected chi connectivity index (χ2v) is 8.63. The first kappa shape index (κ1) is 22.1. The molecule has 0 spiro atoms. The Morgan fingerprint density at radius 1 is 0.912 bits per heavy atom. The van der Waals surface area contributed by atoms with Gasteiger partial charge < -0.3 is 19.7 Å². The van der Waals surface area contributed by atoms with E-state index in [4.69, 9.17) is 21.1 Å². The van der Waals surface area contributed by atoms with Crippen LogP contribution in [0.25, 0.3) is 0 Å². The quantitative estimate of drug-likeness (QED) is 0.548. The third-order valence-electron chi connectivity index (χ3n) is 5.84. The van der Waals surface area contributed by atoms with E-state index >= 15 is 0 Å². The lowest BCUT2D eigenvalue weighted by molar-refractivity contribution is 0.102. The second-order valence-electron chi connectivity index (χ2n) is 8.20. The number of urea groups is 1. The standard InChI is InChI=1S/C26H24ClN3O4/c27-20-6-2-18(3-7-20)17-29-12-1-13-30(26(29)32)22-9-4-19(5-10-22)25(31)28-21-8-11-23-24(16-21)34-15-14-33-23/h2-11,16H,1,12-15,17H2,(H,28,31). The lowest BCUT2D eigenvalue weighted by Gasteiger charge is -2.35. The molecule has 0 aromatic heterocycles. The molecule has 7 nitrogen and oxygen atoms in total. The molecule has 34 heavy (non-hydrogen) atoms. The number of hydrogen-bond donors (Lipinski definition) is 1. The highest BCUT2D eigenvalue weighted by molar-refractivity contribution is 6.30. The molecule has 2 aliphatic heterocycles. The van der Waals surface area contributed by atoms with Gasteiger partial charge in [-0.3, -0.25) is 9.69 Å². The van der Waals surface area contributed by atoms with E-state index in [1.165, 1.54) is 0 Å². The highest BCUT2D eigenvalue weighted by Gasteiger charge is 2.27. The number of nitrogens with zero attached hydrogens (tertiary/aromatic N) is 2. The molecule has 8 heteroatoms. The molecule has 2 heterocycles. The summed E-state index contributed by atoms with van der Waals surface area (Å²) in [5.74, 6) is 1.05. The van der Waals surface area contributed by atoms with Crippen LogP contribution in [-0.2, 0) is 6.54 Å². The fourth-order valence-electron chi connectivity index (χ4n) is 4.10. The predicted molar refractivity (Wildman–Crippen MR) is 131 cm³/mol. The third-order valence-corrected chi connectivity index (χ3v) is 6.09. The fraction of sp³-hybridized carbons (Fsp3) is 0.231. The Labute approximate surface area is 202 Å². The molecule has 3 aromatic carbocycles. The summed E-state index contributed by atoms with van der Waals surface area (Å²) >= 11 is 5.97. The smallest absolute Gasteiger partial charge is 0.324 e. The number of amides is 3. The van der Waals surface area contributed by atoms with E-state index in [1.807, 2.05) is 41.3 Å². The first-order chi connectivity index (χ1) is 16.6. The van der Waals surface area contributed by atoms with Crippen LogP contribution in [0.1, 0.15) is 22.3 Å². The van der Waals surface area contributed by atoms with Gasteiger partial charge in [0.05, 0.1) is 0 Å². The highest BCUT2D eigenvalue weighted by atomic mass is 35.5. The monoisotopic (exact) mass is 477 g/mol. The molecule has 0 atom stereocenters. The van der Waals surface area contributed by atoms with Gasteiger partial charge in [0.25, 0.3) is 5.91 Å². The molecule has 5 rings (SSSR count). The van der Waals surface area contributed by atoms with E-state index in [1.54, 1.807) is 35.2 Å². The zero-order chi connectivity index (χ0) is 23.5. The van der Waals surface area contributed by atoms with Crippen LogP contribution in [0.2, 0.25) is 5.02 Å². The molecule has 0 radical (unpaired) electrons. The lowest BCUT2D eigenvalue weighted by Crippen LogP contribution is -2.49. The van der Waals surface area contributed by atoms with Crippen LogP contribution < -0.4 is 19.7 Å². The summed E-state index contributed by atoms with van der Waals surface area (Å²) in [7, 11) is 0. The molecule has 0 saturated carbocycles. The van der Waals surface area contributed by atoms with Crippen LogP contribution in [0.4, 0.5) is 16.2 Å². The Balaban J connectivity index is 1.24. The van der Waals surface area contributed by atoms with Gasteiger partial charge in [0.1, 0.15) is 13.2 Å². The van der Waals surface area contributed by atoms with Gasteiger partial charge in [0.2, 0.25) is 0 Å². The van der Waals surface area contributed by atoms with Crippen molar-refractivity contribution in [2.24, 2.45) is 0 Å². The summed E-state index contributed by atoms with van der Waals surface area (Å²) in [6, 6.07) is 19.9. The minimum Gasteiger partial charge on any atom is -0.486 e. The van der Waals surface area contributed by atoms with E-state index < -0.39 is 0 Å². The fourth-order valence-corrected chi connectivity index (χ4v) is 4.22. The van der Waals surface area contributed by atoms with Gasteiger partial charge in [-0.25, -0.2) is 4.79 Å². The number of rotatable bonds is 5. The van der Waals surface area contributed by atoms with Crippen LogP contribution in [-0.4, -0.2) is 43.1 Å². The van der Waals surface area contributed by atoms with Crippen molar-refractivity contribution >= 4 is 34.9 Å². The molecule has 2 aliphatic rings. The van der Waals surface area contributed by atoms with Crippen LogP contribution in [0.5, 0.6) is 11.5 Å². The molecule has 0 unspecified atom stereocenters. The number of halogens is 1. The predicted octanol–water partition coefficient (Wildman–Crippen LogP) is 5.20. The molecule has 3 amide bonds. The first-order valence-corrected chi connectivity index (χ1v) is 11.6. The van der Waals surface area contributed by atoms with Gasteiger partial charge in [-0.2, -0.15) is 0 Å².